The van der Waals surface area contributed by atoms with Gasteiger partial charge in [0.25, 0.3) is 0 Å². The van der Waals surface area contributed by atoms with E-state index in [1.54, 1.807) is 12.1 Å². The number of aliphatic carboxylic acids is 1. The van der Waals surface area contributed by atoms with Crippen molar-refractivity contribution < 1.29 is 23.4 Å². The predicted octanol–water partition coefficient (Wildman–Crippen LogP) is 2.08. The van der Waals surface area contributed by atoms with Gasteiger partial charge in [-0.25, -0.2) is 14.2 Å². The molecule has 0 saturated carbocycles. The predicted molar refractivity (Wildman–Crippen MR) is 59.2 cm³/mol. The Labute approximate surface area is 102 Å². The lowest BCUT2D eigenvalue weighted by molar-refractivity contribution is -0.142. The van der Waals surface area contributed by atoms with E-state index in [0.29, 0.717) is 11.3 Å². The summed E-state index contributed by atoms with van der Waals surface area (Å²) in [6.45, 7) is -0.429. The van der Waals surface area contributed by atoms with Crippen molar-refractivity contribution in [3.8, 4) is 11.3 Å². The minimum Gasteiger partial charge on any atom is -0.480 e. The van der Waals surface area contributed by atoms with Gasteiger partial charge in [-0.1, -0.05) is 0 Å². The van der Waals surface area contributed by atoms with Gasteiger partial charge in [-0.2, -0.15) is 0 Å². The summed E-state index contributed by atoms with van der Waals surface area (Å²) in [5, 5.41) is 8.39. The number of benzene rings is 1. The molecule has 18 heavy (non-hydrogen) atoms. The van der Waals surface area contributed by atoms with Gasteiger partial charge in [0, 0.05) is 5.56 Å². The lowest BCUT2D eigenvalue weighted by Gasteiger charge is -1.97. The van der Waals surface area contributed by atoms with E-state index >= 15 is 0 Å². The molecular weight excluding hydrogens is 241 g/mol. The lowest BCUT2D eigenvalue weighted by Crippen LogP contribution is -2.06. The van der Waals surface area contributed by atoms with Gasteiger partial charge in [-0.3, -0.25) is 0 Å². The molecule has 1 N–H and O–H groups in total. The molecule has 0 saturated heterocycles. The van der Waals surface area contributed by atoms with E-state index in [0.717, 1.165) is 0 Å². The fraction of sp³-hybridized carbons (Fsp3) is 0.167. The molecular formula is C12H10FNO4. The molecule has 5 nitrogen and oxygen atoms in total. The van der Waals surface area contributed by atoms with Crippen LogP contribution in [0.4, 0.5) is 4.39 Å². The van der Waals surface area contributed by atoms with Crippen LogP contribution in [0.2, 0.25) is 0 Å². The highest BCUT2D eigenvalue weighted by molar-refractivity contribution is 5.67. The van der Waals surface area contributed by atoms with Crippen LogP contribution < -0.4 is 0 Å². The number of carboxylic acids is 1. The number of halogens is 1. The third-order valence-electron chi connectivity index (χ3n) is 2.13. The largest absolute Gasteiger partial charge is 0.480 e. The van der Waals surface area contributed by atoms with Crippen molar-refractivity contribution in [3.05, 3.63) is 42.2 Å². The first-order valence-electron chi connectivity index (χ1n) is 5.15. The van der Waals surface area contributed by atoms with Crippen LogP contribution in [0.5, 0.6) is 0 Å². The number of carboxylic acid groups (broad SMARTS) is 1. The number of hydrogen-bond donors (Lipinski definition) is 1. The molecule has 2 rings (SSSR count). The summed E-state index contributed by atoms with van der Waals surface area (Å²) in [5.41, 5.74) is 0.688. The zero-order chi connectivity index (χ0) is 13.0. The molecule has 0 radical (unpaired) electrons. The van der Waals surface area contributed by atoms with E-state index in [2.05, 4.69) is 4.98 Å². The molecule has 0 unspecified atom stereocenters. The Morgan fingerprint density at radius 3 is 2.78 bits per heavy atom. The molecule has 0 bridgehead atoms. The van der Waals surface area contributed by atoms with Crippen molar-refractivity contribution in [3.63, 3.8) is 0 Å². The number of carbonyl (C=O) groups is 1. The Morgan fingerprint density at radius 1 is 1.39 bits per heavy atom. The van der Waals surface area contributed by atoms with Crippen molar-refractivity contribution in [2.75, 3.05) is 6.61 Å². The zero-order valence-electron chi connectivity index (χ0n) is 9.30. The van der Waals surface area contributed by atoms with Gasteiger partial charge < -0.3 is 14.3 Å². The van der Waals surface area contributed by atoms with Gasteiger partial charge in [0.1, 0.15) is 19.0 Å². The molecule has 0 aliphatic rings. The summed E-state index contributed by atoms with van der Waals surface area (Å²) in [5.74, 6) is -0.636. The van der Waals surface area contributed by atoms with Gasteiger partial charge in [-0.05, 0) is 24.3 Å². The number of rotatable bonds is 5. The van der Waals surface area contributed by atoms with Crippen molar-refractivity contribution in [1.82, 2.24) is 4.98 Å². The highest BCUT2D eigenvalue weighted by Gasteiger charge is 2.07. The second kappa shape index (κ2) is 5.42. The second-order valence-electron chi connectivity index (χ2n) is 3.51. The number of hydrogen-bond acceptors (Lipinski definition) is 4. The summed E-state index contributed by atoms with van der Waals surface area (Å²) < 4.78 is 22.9. The van der Waals surface area contributed by atoms with Crippen LogP contribution in [0.1, 0.15) is 5.89 Å². The van der Waals surface area contributed by atoms with E-state index in [9.17, 15) is 9.18 Å². The van der Waals surface area contributed by atoms with Gasteiger partial charge in [0.15, 0.2) is 5.76 Å². The molecule has 1 aromatic heterocycles. The van der Waals surface area contributed by atoms with E-state index in [1.165, 1.54) is 18.3 Å². The van der Waals surface area contributed by atoms with Gasteiger partial charge in [0.2, 0.25) is 5.89 Å². The Bertz CT molecular complexity index is 535. The maximum Gasteiger partial charge on any atom is 0.329 e. The van der Waals surface area contributed by atoms with Crippen LogP contribution in [0.15, 0.2) is 34.9 Å². The Hall–Kier alpha value is -2.21. The fourth-order valence-electron chi connectivity index (χ4n) is 1.35. The van der Waals surface area contributed by atoms with Crippen LogP contribution in [-0.4, -0.2) is 22.7 Å². The van der Waals surface area contributed by atoms with Gasteiger partial charge in [-0.15, -0.1) is 0 Å². The molecule has 0 amide bonds. The third kappa shape index (κ3) is 3.14. The van der Waals surface area contributed by atoms with E-state index in [4.69, 9.17) is 14.3 Å². The van der Waals surface area contributed by atoms with Gasteiger partial charge >= 0.3 is 5.97 Å². The summed E-state index contributed by atoms with van der Waals surface area (Å²) in [6.07, 6.45) is 1.48. The SMILES string of the molecule is O=C(O)COCc1ncc(-c2ccc(F)cc2)o1. The monoisotopic (exact) mass is 251 g/mol. The topological polar surface area (TPSA) is 72.6 Å². The van der Waals surface area contributed by atoms with Crippen LogP contribution in [0.3, 0.4) is 0 Å². The Morgan fingerprint density at radius 2 is 2.11 bits per heavy atom. The van der Waals surface area contributed by atoms with Crippen LogP contribution in [0, 0.1) is 5.82 Å². The van der Waals surface area contributed by atoms with E-state index in [1.807, 2.05) is 0 Å². The summed E-state index contributed by atoms with van der Waals surface area (Å²) in [6, 6.07) is 5.77. The average molecular weight is 251 g/mol. The second-order valence-corrected chi connectivity index (χ2v) is 3.51. The molecule has 1 heterocycles. The highest BCUT2D eigenvalue weighted by atomic mass is 19.1. The standard InChI is InChI=1S/C12H10FNO4/c13-9-3-1-8(2-4-9)10-5-14-11(18-10)6-17-7-12(15)16/h1-5H,6-7H2,(H,15,16). The first kappa shape index (κ1) is 12.3. The number of ether oxygens (including phenoxy) is 1. The fourth-order valence-corrected chi connectivity index (χ4v) is 1.35. The molecule has 0 aliphatic carbocycles. The van der Waals surface area contributed by atoms with Crippen molar-refractivity contribution >= 4 is 5.97 Å². The van der Waals surface area contributed by atoms with Crippen molar-refractivity contribution in [2.45, 2.75) is 6.61 Å². The van der Waals surface area contributed by atoms with E-state index in [-0.39, 0.29) is 18.3 Å². The maximum absolute atomic E-state index is 12.7. The lowest BCUT2D eigenvalue weighted by atomic mass is 10.2. The molecule has 2 aromatic rings. The Kier molecular flexibility index (Phi) is 3.69. The number of aromatic nitrogens is 1. The minimum atomic E-state index is -1.06. The summed E-state index contributed by atoms with van der Waals surface area (Å²) in [4.78, 5) is 14.2. The Balaban J connectivity index is 2.01. The summed E-state index contributed by atoms with van der Waals surface area (Å²) in [7, 11) is 0. The number of nitrogens with zero attached hydrogens (tertiary/aromatic N) is 1. The smallest absolute Gasteiger partial charge is 0.329 e. The first-order valence-corrected chi connectivity index (χ1v) is 5.15. The van der Waals surface area contributed by atoms with Crippen LogP contribution >= 0.6 is 0 Å². The molecule has 0 aliphatic heterocycles. The summed E-state index contributed by atoms with van der Waals surface area (Å²) >= 11 is 0. The zero-order valence-corrected chi connectivity index (χ0v) is 9.30. The molecule has 0 atom stereocenters. The molecule has 1 aromatic carbocycles. The average Bonchev–Trinajstić information content (AvgIpc) is 2.78. The normalized spacial score (nSPS) is 10.5. The maximum atomic E-state index is 12.7. The van der Waals surface area contributed by atoms with Crippen molar-refractivity contribution in [1.29, 1.82) is 0 Å². The van der Waals surface area contributed by atoms with Crippen molar-refractivity contribution in [2.24, 2.45) is 0 Å². The van der Waals surface area contributed by atoms with E-state index < -0.39 is 12.6 Å². The molecule has 6 heteroatoms. The quantitative estimate of drug-likeness (QED) is 0.880. The first-order chi connectivity index (χ1) is 8.65. The highest BCUT2D eigenvalue weighted by Crippen LogP contribution is 2.20. The minimum absolute atomic E-state index is 0.0203. The van der Waals surface area contributed by atoms with Crippen LogP contribution in [0.25, 0.3) is 11.3 Å². The number of oxazole rings is 1. The van der Waals surface area contributed by atoms with Crippen LogP contribution in [-0.2, 0) is 16.1 Å². The molecule has 0 spiro atoms. The third-order valence-corrected chi connectivity index (χ3v) is 2.13. The molecule has 0 fully saturated rings. The molecule has 94 valence electrons. The van der Waals surface area contributed by atoms with Gasteiger partial charge in [0.05, 0.1) is 6.20 Å².